The molecule has 0 aromatic heterocycles. The molecule has 1 atom stereocenters. The number of carbonyl (C=O) groups excluding carboxylic acids is 1. The Balaban J connectivity index is 1.97. The average Bonchev–Trinajstić information content (AvgIpc) is 3.05. The molecule has 4 heteroatoms. The van der Waals surface area contributed by atoms with Gasteiger partial charge in [-0.3, -0.25) is 9.69 Å². The average molecular weight is 254 g/mol. The Hall–Kier alpha value is -0.610. The van der Waals surface area contributed by atoms with Crippen LogP contribution in [0.2, 0.25) is 0 Å². The number of hydrogen-bond donors (Lipinski definition) is 1. The van der Waals surface area contributed by atoms with Crippen LogP contribution in [0.4, 0.5) is 0 Å². The molecular formula is C14H26N2O2. The highest BCUT2D eigenvalue weighted by atomic mass is 16.3. The topological polar surface area (TPSA) is 43.8 Å². The van der Waals surface area contributed by atoms with Crippen LogP contribution in [0.15, 0.2) is 0 Å². The van der Waals surface area contributed by atoms with Crippen molar-refractivity contribution in [2.24, 2.45) is 0 Å². The maximum absolute atomic E-state index is 12.4. The zero-order chi connectivity index (χ0) is 13.0. The van der Waals surface area contributed by atoms with Crippen LogP contribution in [0.25, 0.3) is 0 Å². The van der Waals surface area contributed by atoms with Crippen LogP contribution < -0.4 is 0 Å². The van der Waals surface area contributed by atoms with Crippen LogP contribution in [0.3, 0.4) is 0 Å². The molecule has 0 spiro atoms. The Morgan fingerprint density at radius 1 is 1.28 bits per heavy atom. The van der Waals surface area contributed by atoms with E-state index in [4.69, 9.17) is 0 Å². The molecule has 0 radical (unpaired) electrons. The van der Waals surface area contributed by atoms with Gasteiger partial charge >= 0.3 is 0 Å². The second-order valence-corrected chi connectivity index (χ2v) is 5.61. The Kier molecular flexibility index (Phi) is 5.01. The molecule has 2 aliphatic rings. The molecule has 1 N–H and O–H groups in total. The van der Waals surface area contributed by atoms with Crippen LogP contribution in [0, 0.1) is 0 Å². The summed E-state index contributed by atoms with van der Waals surface area (Å²) in [6.45, 7) is 4.62. The lowest BCUT2D eigenvalue weighted by Crippen LogP contribution is -2.50. The first-order valence-electron chi connectivity index (χ1n) is 7.39. The van der Waals surface area contributed by atoms with E-state index in [1.165, 1.54) is 25.7 Å². The molecule has 1 saturated heterocycles. The minimum absolute atomic E-state index is 0.0710. The Bertz CT molecular complexity index is 271. The molecule has 1 aliphatic carbocycles. The summed E-state index contributed by atoms with van der Waals surface area (Å²) >= 11 is 0. The summed E-state index contributed by atoms with van der Waals surface area (Å²) in [6.07, 6.45) is 7.16. The van der Waals surface area contributed by atoms with Gasteiger partial charge in [0.15, 0.2) is 0 Å². The smallest absolute Gasteiger partial charge is 0.239 e. The fraction of sp³-hybridized carbons (Fsp3) is 0.929. The molecule has 0 aromatic carbocycles. The fourth-order valence-corrected chi connectivity index (χ4v) is 3.39. The summed E-state index contributed by atoms with van der Waals surface area (Å²) in [5.41, 5.74) is 0. The summed E-state index contributed by atoms with van der Waals surface area (Å²) in [5, 5.41) is 9.23. The summed E-state index contributed by atoms with van der Waals surface area (Å²) in [5.74, 6) is 0.257. The quantitative estimate of drug-likeness (QED) is 0.802. The molecule has 1 aliphatic heterocycles. The lowest BCUT2D eigenvalue weighted by atomic mass is 10.1. The van der Waals surface area contributed by atoms with E-state index >= 15 is 0 Å². The molecule has 2 rings (SSSR count). The van der Waals surface area contributed by atoms with Gasteiger partial charge in [0.25, 0.3) is 0 Å². The number of nitrogens with zero attached hydrogens (tertiary/aromatic N) is 2. The molecule has 2 fully saturated rings. The van der Waals surface area contributed by atoms with Gasteiger partial charge in [-0.15, -0.1) is 0 Å². The lowest BCUT2D eigenvalue weighted by Gasteiger charge is -2.35. The van der Waals surface area contributed by atoms with Crippen molar-refractivity contribution >= 4 is 5.91 Å². The number of carbonyl (C=O) groups is 1. The maximum atomic E-state index is 12.4. The van der Waals surface area contributed by atoms with Crippen molar-refractivity contribution in [3.8, 4) is 0 Å². The number of hydrogen-bond acceptors (Lipinski definition) is 3. The van der Waals surface area contributed by atoms with Gasteiger partial charge in [-0.25, -0.2) is 0 Å². The molecular weight excluding hydrogens is 228 g/mol. The minimum Gasteiger partial charge on any atom is -0.395 e. The number of aliphatic hydroxyl groups is 1. The van der Waals surface area contributed by atoms with Gasteiger partial charge in [0.2, 0.25) is 5.91 Å². The highest BCUT2D eigenvalue weighted by Gasteiger charge is 2.32. The van der Waals surface area contributed by atoms with Gasteiger partial charge in [0.1, 0.15) is 0 Å². The minimum atomic E-state index is -0.0710. The maximum Gasteiger partial charge on any atom is 0.239 e. The van der Waals surface area contributed by atoms with E-state index < -0.39 is 0 Å². The third kappa shape index (κ3) is 3.04. The van der Waals surface area contributed by atoms with Crippen molar-refractivity contribution < 1.29 is 9.90 Å². The molecule has 104 valence electrons. The number of rotatable bonds is 5. The Labute approximate surface area is 110 Å². The van der Waals surface area contributed by atoms with Gasteiger partial charge in [-0.2, -0.15) is 0 Å². The van der Waals surface area contributed by atoms with Gasteiger partial charge in [0, 0.05) is 25.7 Å². The summed E-state index contributed by atoms with van der Waals surface area (Å²) < 4.78 is 0. The normalized spacial score (nSPS) is 22.9. The molecule has 4 nitrogen and oxygen atoms in total. The standard InChI is InChI=1S/C14H26N2O2/c1-12(14(18)15-8-4-5-9-15)16(10-11-17)13-6-2-3-7-13/h12-13,17H,2-11H2,1H3. The van der Waals surface area contributed by atoms with E-state index in [0.29, 0.717) is 12.6 Å². The van der Waals surface area contributed by atoms with Gasteiger partial charge in [-0.1, -0.05) is 12.8 Å². The second kappa shape index (κ2) is 6.53. The van der Waals surface area contributed by atoms with E-state index in [1.807, 2.05) is 11.8 Å². The summed E-state index contributed by atoms with van der Waals surface area (Å²) in [4.78, 5) is 16.6. The van der Waals surface area contributed by atoms with Gasteiger partial charge in [-0.05, 0) is 32.6 Å². The van der Waals surface area contributed by atoms with E-state index in [-0.39, 0.29) is 18.6 Å². The fourth-order valence-electron chi connectivity index (χ4n) is 3.39. The highest BCUT2D eigenvalue weighted by molar-refractivity contribution is 5.81. The lowest BCUT2D eigenvalue weighted by molar-refractivity contribution is -0.136. The van der Waals surface area contributed by atoms with Crippen LogP contribution in [-0.2, 0) is 4.79 Å². The number of likely N-dealkylation sites (tertiary alicyclic amines) is 1. The summed E-state index contributed by atoms with van der Waals surface area (Å²) in [6, 6.07) is 0.428. The monoisotopic (exact) mass is 254 g/mol. The van der Waals surface area contributed by atoms with Crippen molar-refractivity contribution in [2.45, 2.75) is 57.5 Å². The third-order valence-corrected chi connectivity index (χ3v) is 4.42. The highest BCUT2D eigenvalue weighted by Crippen LogP contribution is 2.25. The van der Waals surface area contributed by atoms with E-state index in [1.54, 1.807) is 0 Å². The predicted octanol–water partition coefficient (Wildman–Crippen LogP) is 1.23. The van der Waals surface area contributed by atoms with E-state index in [0.717, 1.165) is 25.9 Å². The molecule has 1 heterocycles. The van der Waals surface area contributed by atoms with Gasteiger partial charge < -0.3 is 10.0 Å². The van der Waals surface area contributed by atoms with Crippen LogP contribution in [0.5, 0.6) is 0 Å². The van der Waals surface area contributed by atoms with Crippen molar-refractivity contribution in [1.29, 1.82) is 0 Å². The second-order valence-electron chi connectivity index (χ2n) is 5.61. The third-order valence-electron chi connectivity index (χ3n) is 4.42. The predicted molar refractivity (Wildman–Crippen MR) is 71.3 cm³/mol. The van der Waals surface area contributed by atoms with Crippen LogP contribution >= 0.6 is 0 Å². The van der Waals surface area contributed by atoms with Crippen molar-refractivity contribution in [1.82, 2.24) is 9.80 Å². The number of aliphatic hydroxyl groups excluding tert-OH is 1. The zero-order valence-corrected chi connectivity index (χ0v) is 11.5. The van der Waals surface area contributed by atoms with Crippen molar-refractivity contribution in [3.05, 3.63) is 0 Å². The first-order chi connectivity index (χ1) is 8.74. The van der Waals surface area contributed by atoms with Crippen LogP contribution in [0.1, 0.15) is 45.4 Å². The Morgan fingerprint density at radius 2 is 1.89 bits per heavy atom. The molecule has 0 bridgehead atoms. The SMILES string of the molecule is CC(C(=O)N1CCCC1)N(CCO)C1CCCC1. The first-order valence-corrected chi connectivity index (χ1v) is 7.39. The zero-order valence-electron chi connectivity index (χ0n) is 11.5. The van der Waals surface area contributed by atoms with E-state index in [2.05, 4.69) is 4.90 Å². The molecule has 1 saturated carbocycles. The first kappa shape index (κ1) is 13.8. The summed E-state index contributed by atoms with van der Waals surface area (Å²) in [7, 11) is 0. The molecule has 18 heavy (non-hydrogen) atoms. The van der Waals surface area contributed by atoms with Gasteiger partial charge in [0.05, 0.1) is 12.6 Å². The molecule has 1 unspecified atom stereocenters. The molecule has 0 aromatic rings. The van der Waals surface area contributed by atoms with E-state index in [9.17, 15) is 9.90 Å². The number of amides is 1. The largest absolute Gasteiger partial charge is 0.395 e. The van der Waals surface area contributed by atoms with Crippen LogP contribution in [-0.4, -0.2) is 59.1 Å². The molecule has 1 amide bonds. The van der Waals surface area contributed by atoms with Crippen molar-refractivity contribution in [3.63, 3.8) is 0 Å². The van der Waals surface area contributed by atoms with Crippen molar-refractivity contribution in [2.75, 3.05) is 26.2 Å². The Morgan fingerprint density at radius 3 is 2.44 bits per heavy atom.